The summed E-state index contributed by atoms with van der Waals surface area (Å²) >= 11 is 0. The number of fused-ring (bicyclic) bond motifs is 2. The van der Waals surface area contributed by atoms with Crippen molar-refractivity contribution in [3.8, 4) is 0 Å². The fourth-order valence-electron chi connectivity index (χ4n) is 3.68. The fourth-order valence-corrected chi connectivity index (χ4v) is 3.68. The van der Waals surface area contributed by atoms with Gasteiger partial charge in [0.15, 0.2) is 0 Å². The molecule has 118 valence electrons. The second kappa shape index (κ2) is 5.33. The molecule has 0 bridgehead atoms. The zero-order valence-corrected chi connectivity index (χ0v) is 13.2. The zero-order chi connectivity index (χ0) is 16.0. The third kappa shape index (κ3) is 2.36. The number of para-hydroxylation sites is 1. The lowest BCUT2D eigenvalue weighted by Crippen LogP contribution is -2.38. The van der Waals surface area contributed by atoms with Gasteiger partial charge in [0, 0.05) is 31.3 Å². The molecule has 0 saturated carbocycles. The van der Waals surface area contributed by atoms with Crippen molar-refractivity contribution in [2.75, 3.05) is 11.4 Å². The zero-order valence-electron chi connectivity index (χ0n) is 13.2. The predicted octanol–water partition coefficient (Wildman–Crippen LogP) is 1.47. The van der Waals surface area contributed by atoms with Gasteiger partial charge in [-0.25, -0.2) is 4.68 Å². The van der Waals surface area contributed by atoms with Crippen LogP contribution in [-0.4, -0.2) is 22.2 Å². The van der Waals surface area contributed by atoms with Crippen molar-refractivity contribution in [3.63, 3.8) is 0 Å². The molecule has 1 atom stereocenters. The number of hydrogen-bond acceptors (Lipinski definition) is 3. The van der Waals surface area contributed by atoms with Crippen LogP contribution in [0, 0.1) is 5.92 Å². The molecule has 1 aromatic carbocycles. The van der Waals surface area contributed by atoms with Crippen LogP contribution in [0.4, 0.5) is 5.69 Å². The van der Waals surface area contributed by atoms with Crippen molar-refractivity contribution in [3.05, 3.63) is 57.5 Å². The Balaban J connectivity index is 1.59. The van der Waals surface area contributed by atoms with Crippen LogP contribution in [-0.2, 0) is 31.1 Å². The Hall–Kier alpha value is -2.43. The minimum absolute atomic E-state index is 0.0532. The fraction of sp³-hybridized carbons (Fsp3) is 0.389. The summed E-state index contributed by atoms with van der Waals surface area (Å²) in [5.41, 5.74) is 4.07. The Morgan fingerprint density at radius 2 is 2.04 bits per heavy atom. The number of rotatable bonds is 1. The van der Waals surface area contributed by atoms with Gasteiger partial charge in [-0.1, -0.05) is 18.2 Å². The quantitative estimate of drug-likeness (QED) is 0.802. The van der Waals surface area contributed by atoms with Crippen LogP contribution in [0.5, 0.6) is 0 Å². The first-order valence-corrected chi connectivity index (χ1v) is 8.09. The molecule has 1 aromatic heterocycles. The van der Waals surface area contributed by atoms with Crippen LogP contribution in [0.1, 0.15) is 23.2 Å². The molecule has 0 radical (unpaired) electrons. The number of aromatic nitrogens is 2. The molecule has 1 aliphatic heterocycles. The van der Waals surface area contributed by atoms with Crippen molar-refractivity contribution in [1.82, 2.24) is 9.78 Å². The van der Waals surface area contributed by atoms with Crippen molar-refractivity contribution < 1.29 is 4.79 Å². The number of hydrogen-bond donors (Lipinski definition) is 0. The Morgan fingerprint density at radius 3 is 2.91 bits per heavy atom. The van der Waals surface area contributed by atoms with E-state index in [-0.39, 0.29) is 17.4 Å². The van der Waals surface area contributed by atoms with Crippen molar-refractivity contribution >= 4 is 11.6 Å². The third-order valence-corrected chi connectivity index (χ3v) is 4.96. The molecule has 23 heavy (non-hydrogen) atoms. The largest absolute Gasteiger partial charge is 0.312 e. The van der Waals surface area contributed by atoms with Gasteiger partial charge in [0.05, 0.1) is 5.69 Å². The average Bonchev–Trinajstić information content (AvgIpc) is 2.99. The SMILES string of the molecule is Cn1nc2c(cc1=O)CC(C(=O)N1CCc3ccccc31)CC2. The van der Waals surface area contributed by atoms with Gasteiger partial charge in [-0.3, -0.25) is 9.59 Å². The molecule has 1 aliphatic carbocycles. The Bertz CT molecular complexity index is 840. The molecular formula is C18H19N3O2. The van der Waals surface area contributed by atoms with Gasteiger partial charge in [0.2, 0.25) is 5.91 Å². The molecule has 1 amide bonds. The van der Waals surface area contributed by atoms with Crippen LogP contribution < -0.4 is 10.5 Å². The minimum atomic E-state index is -0.108. The minimum Gasteiger partial charge on any atom is -0.312 e. The summed E-state index contributed by atoms with van der Waals surface area (Å²) in [5, 5.41) is 4.32. The van der Waals surface area contributed by atoms with Crippen molar-refractivity contribution in [2.45, 2.75) is 25.7 Å². The normalized spacial score (nSPS) is 19.3. The van der Waals surface area contributed by atoms with Crippen molar-refractivity contribution in [1.29, 1.82) is 0 Å². The van der Waals surface area contributed by atoms with Crippen LogP contribution in [0.2, 0.25) is 0 Å². The molecule has 0 N–H and O–H groups in total. The number of carbonyl (C=O) groups is 1. The van der Waals surface area contributed by atoms with E-state index in [9.17, 15) is 9.59 Å². The van der Waals surface area contributed by atoms with E-state index in [0.29, 0.717) is 6.42 Å². The number of carbonyl (C=O) groups excluding carboxylic acids is 1. The lowest BCUT2D eigenvalue weighted by Gasteiger charge is -2.27. The van der Waals surface area contributed by atoms with E-state index in [1.54, 1.807) is 13.1 Å². The van der Waals surface area contributed by atoms with Gasteiger partial charge in [-0.2, -0.15) is 5.10 Å². The summed E-state index contributed by atoms with van der Waals surface area (Å²) in [6, 6.07) is 9.75. The molecule has 5 nitrogen and oxygen atoms in total. The Kier molecular flexibility index (Phi) is 3.29. The summed E-state index contributed by atoms with van der Waals surface area (Å²) in [4.78, 5) is 26.7. The highest BCUT2D eigenvalue weighted by molar-refractivity contribution is 5.97. The van der Waals surface area contributed by atoms with Crippen LogP contribution in [0.3, 0.4) is 0 Å². The number of benzene rings is 1. The number of amides is 1. The molecule has 2 aromatic rings. The van der Waals surface area contributed by atoms with E-state index < -0.39 is 0 Å². The molecule has 4 rings (SSSR count). The average molecular weight is 309 g/mol. The molecule has 0 spiro atoms. The lowest BCUT2D eigenvalue weighted by molar-refractivity contribution is -0.122. The van der Waals surface area contributed by atoms with Gasteiger partial charge in [-0.15, -0.1) is 0 Å². The second-order valence-corrected chi connectivity index (χ2v) is 6.39. The first kappa shape index (κ1) is 14.2. The van der Waals surface area contributed by atoms with E-state index in [4.69, 9.17) is 0 Å². The molecular weight excluding hydrogens is 290 g/mol. The first-order chi connectivity index (χ1) is 11.1. The maximum Gasteiger partial charge on any atom is 0.266 e. The third-order valence-electron chi connectivity index (χ3n) is 4.96. The maximum absolute atomic E-state index is 12.9. The molecule has 2 heterocycles. The van der Waals surface area contributed by atoms with E-state index in [2.05, 4.69) is 11.2 Å². The van der Waals surface area contributed by atoms with E-state index in [1.807, 2.05) is 23.1 Å². The first-order valence-electron chi connectivity index (χ1n) is 8.09. The van der Waals surface area contributed by atoms with Gasteiger partial charge in [0.1, 0.15) is 0 Å². The standard InChI is InChI=1S/C18H19N3O2/c1-20-17(22)11-14-10-13(6-7-15(14)19-20)18(23)21-9-8-12-4-2-3-5-16(12)21/h2-5,11,13H,6-10H2,1H3. The van der Waals surface area contributed by atoms with Crippen LogP contribution in [0.25, 0.3) is 0 Å². The lowest BCUT2D eigenvalue weighted by atomic mass is 9.86. The Labute approximate surface area is 134 Å². The number of anilines is 1. The highest BCUT2D eigenvalue weighted by Gasteiger charge is 2.32. The number of nitrogens with zero attached hydrogens (tertiary/aromatic N) is 3. The molecule has 2 aliphatic rings. The van der Waals surface area contributed by atoms with E-state index in [1.165, 1.54) is 10.2 Å². The monoisotopic (exact) mass is 309 g/mol. The summed E-state index contributed by atoms with van der Waals surface area (Å²) in [7, 11) is 1.67. The molecule has 0 saturated heterocycles. The van der Waals surface area contributed by atoms with Crippen LogP contribution >= 0.6 is 0 Å². The predicted molar refractivity (Wildman–Crippen MR) is 87.5 cm³/mol. The smallest absolute Gasteiger partial charge is 0.266 e. The topological polar surface area (TPSA) is 55.2 Å². The van der Waals surface area contributed by atoms with Gasteiger partial charge >= 0.3 is 0 Å². The highest BCUT2D eigenvalue weighted by atomic mass is 16.2. The molecule has 1 unspecified atom stereocenters. The van der Waals surface area contributed by atoms with Crippen LogP contribution in [0.15, 0.2) is 35.1 Å². The summed E-state index contributed by atoms with van der Waals surface area (Å²) in [5.74, 6) is 0.129. The number of aryl methyl sites for hydroxylation is 2. The van der Waals surface area contributed by atoms with Gasteiger partial charge in [-0.05, 0) is 42.9 Å². The highest BCUT2D eigenvalue weighted by Crippen LogP contribution is 2.32. The van der Waals surface area contributed by atoms with Gasteiger partial charge in [0.25, 0.3) is 5.56 Å². The maximum atomic E-state index is 12.9. The Morgan fingerprint density at radius 1 is 1.22 bits per heavy atom. The second-order valence-electron chi connectivity index (χ2n) is 6.39. The molecule has 5 heteroatoms. The van der Waals surface area contributed by atoms with Gasteiger partial charge < -0.3 is 4.90 Å². The molecule has 0 fully saturated rings. The summed E-state index contributed by atoms with van der Waals surface area (Å²) < 4.78 is 1.37. The van der Waals surface area contributed by atoms with Crippen molar-refractivity contribution in [2.24, 2.45) is 13.0 Å². The van der Waals surface area contributed by atoms with E-state index >= 15 is 0 Å². The summed E-state index contributed by atoms with van der Waals surface area (Å²) in [6.45, 7) is 0.760. The summed E-state index contributed by atoms with van der Waals surface area (Å²) in [6.07, 6.45) is 3.11. The van der Waals surface area contributed by atoms with E-state index in [0.717, 1.165) is 42.8 Å².